The molecule has 106 valence electrons. The van der Waals surface area contributed by atoms with Crippen molar-refractivity contribution in [1.29, 1.82) is 0 Å². The van der Waals surface area contributed by atoms with Gasteiger partial charge in [-0.25, -0.2) is 15.0 Å². The highest BCUT2D eigenvalue weighted by Crippen LogP contribution is 2.26. The molecule has 2 heterocycles. The molecule has 2 aromatic heterocycles. The third kappa shape index (κ3) is 2.53. The van der Waals surface area contributed by atoms with Crippen molar-refractivity contribution in [2.24, 2.45) is 5.92 Å². The van der Waals surface area contributed by atoms with E-state index in [1.807, 2.05) is 6.92 Å². The number of nitrogen functional groups attached to an aromatic ring is 1. The minimum atomic E-state index is 0.489. The van der Waals surface area contributed by atoms with Crippen LogP contribution < -0.4 is 11.1 Å². The Kier molecular flexibility index (Phi) is 3.42. The molecule has 0 aromatic carbocycles. The zero-order chi connectivity index (χ0) is 14.1. The predicted molar refractivity (Wildman–Crippen MR) is 81.5 cm³/mol. The summed E-state index contributed by atoms with van der Waals surface area (Å²) in [6, 6.07) is 0.489. The Hall–Kier alpha value is -1.91. The van der Waals surface area contributed by atoms with Gasteiger partial charge in [-0.15, -0.1) is 0 Å². The van der Waals surface area contributed by atoms with E-state index in [0.29, 0.717) is 17.8 Å². The molecule has 0 unspecified atom stereocenters. The fraction of sp³-hybridized carbons (Fsp3) is 0.533. The first-order valence-corrected chi connectivity index (χ1v) is 7.28. The Bertz CT molecular complexity index is 617. The lowest BCUT2D eigenvalue weighted by atomic mass is 9.87. The van der Waals surface area contributed by atoms with Crippen LogP contribution in [0.25, 0.3) is 10.9 Å². The third-order valence-electron chi connectivity index (χ3n) is 4.18. The van der Waals surface area contributed by atoms with Crippen LogP contribution in [0.1, 0.15) is 38.2 Å². The Morgan fingerprint density at radius 1 is 1.15 bits per heavy atom. The molecule has 1 fully saturated rings. The van der Waals surface area contributed by atoms with Gasteiger partial charge in [-0.1, -0.05) is 6.92 Å². The van der Waals surface area contributed by atoms with E-state index >= 15 is 0 Å². The van der Waals surface area contributed by atoms with Gasteiger partial charge >= 0.3 is 0 Å². The first-order chi connectivity index (χ1) is 9.63. The number of fused-ring (bicyclic) bond motifs is 1. The molecule has 20 heavy (non-hydrogen) atoms. The molecule has 2 aromatic rings. The highest BCUT2D eigenvalue weighted by Gasteiger charge is 2.19. The van der Waals surface area contributed by atoms with Crippen LogP contribution in [0.5, 0.6) is 0 Å². The average molecular weight is 271 g/mol. The average Bonchev–Trinajstić information content (AvgIpc) is 2.46. The van der Waals surface area contributed by atoms with Crippen molar-refractivity contribution >= 4 is 22.7 Å². The van der Waals surface area contributed by atoms with E-state index in [0.717, 1.165) is 22.4 Å². The van der Waals surface area contributed by atoms with Crippen LogP contribution in [0.4, 0.5) is 11.8 Å². The van der Waals surface area contributed by atoms with E-state index in [2.05, 4.69) is 27.2 Å². The van der Waals surface area contributed by atoms with Gasteiger partial charge in [0.2, 0.25) is 5.95 Å². The summed E-state index contributed by atoms with van der Waals surface area (Å²) in [6.07, 6.45) is 8.48. The van der Waals surface area contributed by atoms with Crippen molar-refractivity contribution < 1.29 is 0 Å². The normalized spacial score (nSPS) is 22.9. The molecule has 0 saturated heterocycles. The fourth-order valence-corrected chi connectivity index (χ4v) is 2.82. The largest absolute Gasteiger partial charge is 0.383 e. The molecule has 0 amide bonds. The Labute approximate surface area is 119 Å². The van der Waals surface area contributed by atoms with Crippen LogP contribution >= 0.6 is 0 Å². The summed E-state index contributed by atoms with van der Waals surface area (Å²) < 4.78 is 0. The molecule has 0 bridgehead atoms. The number of nitrogens with zero attached hydrogens (tertiary/aromatic N) is 3. The maximum atomic E-state index is 5.86. The number of nitrogens with one attached hydrogen (secondary N) is 1. The summed E-state index contributed by atoms with van der Waals surface area (Å²) in [7, 11) is 0. The van der Waals surface area contributed by atoms with E-state index in [9.17, 15) is 0 Å². The van der Waals surface area contributed by atoms with Gasteiger partial charge in [-0.3, -0.25) is 0 Å². The van der Waals surface area contributed by atoms with Gasteiger partial charge in [-0.05, 0) is 44.1 Å². The second-order valence-corrected chi connectivity index (χ2v) is 5.88. The van der Waals surface area contributed by atoms with Crippen molar-refractivity contribution in [1.82, 2.24) is 15.0 Å². The first-order valence-electron chi connectivity index (χ1n) is 7.28. The van der Waals surface area contributed by atoms with Crippen molar-refractivity contribution in [3.05, 3.63) is 18.0 Å². The van der Waals surface area contributed by atoms with Crippen LogP contribution in [0.3, 0.4) is 0 Å². The van der Waals surface area contributed by atoms with Crippen LogP contribution in [0.2, 0.25) is 0 Å². The van der Waals surface area contributed by atoms with E-state index in [-0.39, 0.29) is 0 Å². The Morgan fingerprint density at radius 3 is 2.65 bits per heavy atom. The molecule has 5 heteroatoms. The van der Waals surface area contributed by atoms with Crippen molar-refractivity contribution in [3.8, 4) is 0 Å². The zero-order valence-corrected chi connectivity index (χ0v) is 12.1. The molecule has 1 aliphatic rings. The summed E-state index contributed by atoms with van der Waals surface area (Å²) >= 11 is 0. The number of aromatic nitrogens is 3. The van der Waals surface area contributed by atoms with Crippen molar-refractivity contribution in [2.75, 3.05) is 11.1 Å². The van der Waals surface area contributed by atoms with Crippen molar-refractivity contribution in [3.63, 3.8) is 0 Å². The molecule has 0 atom stereocenters. The number of hydrogen-bond donors (Lipinski definition) is 2. The predicted octanol–water partition coefficient (Wildman–Crippen LogP) is 2.91. The van der Waals surface area contributed by atoms with E-state index in [1.54, 1.807) is 12.4 Å². The number of anilines is 2. The highest BCUT2D eigenvalue weighted by molar-refractivity contribution is 5.89. The molecular formula is C15H21N5. The molecule has 1 saturated carbocycles. The summed E-state index contributed by atoms with van der Waals surface area (Å²) in [4.78, 5) is 13.1. The molecular weight excluding hydrogens is 250 g/mol. The third-order valence-corrected chi connectivity index (χ3v) is 4.18. The lowest BCUT2D eigenvalue weighted by Gasteiger charge is -2.26. The molecule has 0 radical (unpaired) electrons. The maximum Gasteiger partial charge on any atom is 0.223 e. The molecule has 1 aliphatic carbocycles. The molecule has 0 aliphatic heterocycles. The standard InChI is InChI=1S/C15H21N5/c1-9-3-5-11(6-4-9)19-15-18-8-12-13(20-15)10(2)7-17-14(12)16/h7-9,11H,3-6H2,1-2H3,(H2,16,17)(H,18,19,20). The zero-order valence-electron chi connectivity index (χ0n) is 12.1. The minimum Gasteiger partial charge on any atom is -0.383 e. The maximum absolute atomic E-state index is 5.86. The molecule has 3 N–H and O–H groups in total. The minimum absolute atomic E-state index is 0.489. The Balaban J connectivity index is 1.84. The lowest BCUT2D eigenvalue weighted by molar-refractivity contribution is 0.360. The highest BCUT2D eigenvalue weighted by atomic mass is 15.1. The monoisotopic (exact) mass is 271 g/mol. The van der Waals surface area contributed by atoms with Crippen molar-refractivity contribution in [2.45, 2.75) is 45.6 Å². The van der Waals surface area contributed by atoms with Gasteiger partial charge in [0.25, 0.3) is 0 Å². The van der Waals surface area contributed by atoms with Gasteiger partial charge in [0.15, 0.2) is 0 Å². The van der Waals surface area contributed by atoms with Gasteiger partial charge in [0.05, 0.1) is 10.9 Å². The first kappa shape index (κ1) is 13.1. The van der Waals surface area contributed by atoms with E-state index in [1.165, 1.54) is 25.7 Å². The second-order valence-electron chi connectivity index (χ2n) is 5.88. The SMILES string of the molecule is Cc1cnc(N)c2cnc(NC3CCC(C)CC3)nc12. The quantitative estimate of drug-likeness (QED) is 0.878. The lowest BCUT2D eigenvalue weighted by Crippen LogP contribution is -2.26. The van der Waals surface area contributed by atoms with Gasteiger partial charge < -0.3 is 11.1 Å². The van der Waals surface area contributed by atoms with Gasteiger partial charge in [-0.2, -0.15) is 0 Å². The smallest absolute Gasteiger partial charge is 0.223 e. The molecule has 3 rings (SSSR count). The van der Waals surface area contributed by atoms with Crippen LogP contribution in [0.15, 0.2) is 12.4 Å². The van der Waals surface area contributed by atoms with Gasteiger partial charge in [0, 0.05) is 18.4 Å². The number of rotatable bonds is 2. The molecule has 5 nitrogen and oxygen atoms in total. The summed E-state index contributed by atoms with van der Waals surface area (Å²) in [5.41, 5.74) is 7.78. The van der Waals surface area contributed by atoms with Crippen LogP contribution in [0, 0.1) is 12.8 Å². The fourth-order valence-electron chi connectivity index (χ4n) is 2.82. The van der Waals surface area contributed by atoms with E-state index < -0.39 is 0 Å². The van der Waals surface area contributed by atoms with Crippen LogP contribution in [-0.4, -0.2) is 21.0 Å². The second kappa shape index (κ2) is 5.23. The van der Waals surface area contributed by atoms with Crippen LogP contribution in [-0.2, 0) is 0 Å². The molecule has 0 spiro atoms. The summed E-state index contributed by atoms with van der Waals surface area (Å²) in [6.45, 7) is 4.32. The number of nitrogens with two attached hydrogens (primary N) is 1. The Morgan fingerprint density at radius 2 is 1.90 bits per heavy atom. The summed E-state index contributed by atoms with van der Waals surface area (Å²) in [5.74, 6) is 2.04. The summed E-state index contributed by atoms with van der Waals surface area (Å²) in [5, 5.41) is 4.28. The van der Waals surface area contributed by atoms with E-state index in [4.69, 9.17) is 5.73 Å². The number of hydrogen-bond acceptors (Lipinski definition) is 5. The number of pyridine rings is 1. The topological polar surface area (TPSA) is 76.7 Å². The number of aryl methyl sites for hydroxylation is 1. The van der Waals surface area contributed by atoms with Gasteiger partial charge in [0.1, 0.15) is 5.82 Å².